The fraction of sp³-hybridized carbons (Fsp3) is 0.533. The van der Waals surface area contributed by atoms with E-state index in [0.29, 0.717) is 13.2 Å². The van der Waals surface area contributed by atoms with Gasteiger partial charge in [-0.25, -0.2) is 0 Å². The van der Waals surface area contributed by atoms with Gasteiger partial charge in [0.1, 0.15) is 19.0 Å². The van der Waals surface area contributed by atoms with Gasteiger partial charge in [0.2, 0.25) is 5.91 Å². The number of para-hydroxylation sites is 1. The van der Waals surface area contributed by atoms with Crippen LogP contribution < -0.4 is 15.4 Å². The molecule has 0 aliphatic carbocycles. The maximum atomic E-state index is 11.6. The number of ether oxygens (including phenoxy) is 2. The van der Waals surface area contributed by atoms with Crippen LogP contribution in [-0.4, -0.2) is 44.9 Å². The fourth-order valence-electron chi connectivity index (χ4n) is 2.14. The summed E-state index contributed by atoms with van der Waals surface area (Å²) in [6.45, 7) is 2.84. The molecule has 1 unspecified atom stereocenters. The van der Waals surface area contributed by atoms with Gasteiger partial charge in [-0.2, -0.15) is 0 Å². The third kappa shape index (κ3) is 5.59. The van der Waals surface area contributed by atoms with E-state index in [-0.39, 0.29) is 18.6 Å². The van der Waals surface area contributed by atoms with Crippen LogP contribution in [-0.2, 0) is 9.53 Å². The largest absolute Gasteiger partial charge is 0.491 e. The minimum atomic E-state index is -0.0570. The lowest BCUT2D eigenvalue weighted by Crippen LogP contribution is -2.46. The van der Waals surface area contributed by atoms with E-state index in [1.165, 1.54) is 0 Å². The van der Waals surface area contributed by atoms with Gasteiger partial charge in [-0.3, -0.25) is 4.79 Å². The molecule has 5 nitrogen and oxygen atoms in total. The molecule has 1 atom stereocenters. The Labute approximate surface area is 119 Å². The second kappa shape index (κ2) is 8.55. The Bertz CT molecular complexity index is 391. The van der Waals surface area contributed by atoms with E-state index >= 15 is 0 Å². The predicted molar refractivity (Wildman–Crippen MR) is 76.8 cm³/mol. The van der Waals surface area contributed by atoms with E-state index in [1.54, 1.807) is 0 Å². The molecule has 0 aromatic heterocycles. The molecule has 0 spiro atoms. The van der Waals surface area contributed by atoms with E-state index in [9.17, 15) is 4.79 Å². The van der Waals surface area contributed by atoms with Gasteiger partial charge in [-0.15, -0.1) is 0 Å². The van der Waals surface area contributed by atoms with Crippen LogP contribution in [0.2, 0.25) is 0 Å². The molecular formula is C15H22N2O3. The number of carbonyl (C=O) groups excluding carboxylic acids is 1. The van der Waals surface area contributed by atoms with Crippen LogP contribution >= 0.6 is 0 Å². The molecule has 0 bridgehead atoms. The summed E-state index contributed by atoms with van der Waals surface area (Å²) in [7, 11) is 0. The quantitative estimate of drug-likeness (QED) is 0.729. The molecule has 1 saturated heterocycles. The van der Waals surface area contributed by atoms with Crippen LogP contribution in [0.3, 0.4) is 0 Å². The summed E-state index contributed by atoms with van der Waals surface area (Å²) < 4.78 is 10.8. The molecule has 2 rings (SSSR count). The first-order chi connectivity index (χ1) is 9.84. The van der Waals surface area contributed by atoms with Crippen molar-refractivity contribution in [2.75, 3.05) is 32.9 Å². The van der Waals surface area contributed by atoms with Crippen molar-refractivity contribution in [1.29, 1.82) is 0 Å². The summed E-state index contributed by atoms with van der Waals surface area (Å²) in [6, 6.07) is 9.80. The van der Waals surface area contributed by atoms with Crippen molar-refractivity contribution < 1.29 is 14.3 Å². The number of piperidine rings is 1. The second-order valence-electron chi connectivity index (χ2n) is 4.82. The maximum absolute atomic E-state index is 11.6. The van der Waals surface area contributed by atoms with E-state index in [1.807, 2.05) is 30.3 Å². The molecule has 0 saturated carbocycles. The number of hydrogen-bond acceptors (Lipinski definition) is 4. The fourth-order valence-corrected chi connectivity index (χ4v) is 2.14. The van der Waals surface area contributed by atoms with Crippen molar-refractivity contribution in [3.8, 4) is 5.75 Å². The summed E-state index contributed by atoms with van der Waals surface area (Å²) >= 11 is 0. The lowest BCUT2D eigenvalue weighted by atomic mass is 10.1. The highest BCUT2D eigenvalue weighted by atomic mass is 16.5. The highest BCUT2D eigenvalue weighted by Gasteiger charge is 2.14. The van der Waals surface area contributed by atoms with Gasteiger partial charge in [0.25, 0.3) is 0 Å². The summed E-state index contributed by atoms with van der Waals surface area (Å²) in [5.74, 6) is 0.757. The lowest BCUT2D eigenvalue weighted by molar-refractivity contribution is -0.126. The van der Waals surface area contributed by atoms with Crippen molar-refractivity contribution in [3.05, 3.63) is 30.3 Å². The summed E-state index contributed by atoms with van der Waals surface area (Å²) in [6.07, 6.45) is 2.15. The molecule has 1 heterocycles. The van der Waals surface area contributed by atoms with Crippen LogP contribution in [0.25, 0.3) is 0 Å². The number of amides is 1. The first kappa shape index (κ1) is 14.8. The number of rotatable bonds is 7. The molecule has 110 valence electrons. The van der Waals surface area contributed by atoms with Crippen LogP contribution in [0.15, 0.2) is 30.3 Å². The third-order valence-electron chi connectivity index (χ3n) is 3.13. The molecule has 5 heteroatoms. The van der Waals surface area contributed by atoms with Crippen LogP contribution in [0.5, 0.6) is 5.75 Å². The number of nitrogens with one attached hydrogen (secondary N) is 2. The summed E-state index contributed by atoms with van der Waals surface area (Å²) in [5.41, 5.74) is 0. The SMILES string of the molecule is O=C(COCCOc1ccccc1)NC1CCCNC1. The molecule has 1 aromatic carbocycles. The Hall–Kier alpha value is -1.59. The molecule has 2 N–H and O–H groups in total. The van der Waals surface area contributed by atoms with Crippen molar-refractivity contribution in [2.45, 2.75) is 18.9 Å². The van der Waals surface area contributed by atoms with Crippen LogP contribution in [0, 0.1) is 0 Å². The Morgan fingerprint density at radius 1 is 1.30 bits per heavy atom. The van der Waals surface area contributed by atoms with Crippen molar-refractivity contribution >= 4 is 5.91 Å². The van der Waals surface area contributed by atoms with Gasteiger partial charge in [0.15, 0.2) is 0 Å². The van der Waals surface area contributed by atoms with E-state index < -0.39 is 0 Å². The van der Waals surface area contributed by atoms with Crippen molar-refractivity contribution in [1.82, 2.24) is 10.6 Å². The Morgan fingerprint density at radius 2 is 2.15 bits per heavy atom. The topological polar surface area (TPSA) is 59.6 Å². The Morgan fingerprint density at radius 3 is 2.90 bits per heavy atom. The minimum Gasteiger partial charge on any atom is -0.491 e. The van der Waals surface area contributed by atoms with Gasteiger partial charge in [0.05, 0.1) is 6.61 Å². The average Bonchev–Trinajstić information content (AvgIpc) is 2.49. The van der Waals surface area contributed by atoms with Gasteiger partial charge >= 0.3 is 0 Å². The zero-order chi connectivity index (χ0) is 14.0. The Balaban J connectivity index is 1.51. The summed E-state index contributed by atoms with van der Waals surface area (Å²) in [5, 5.41) is 6.22. The minimum absolute atomic E-state index is 0.0570. The van der Waals surface area contributed by atoms with Gasteiger partial charge in [-0.05, 0) is 31.5 Å². The average molecular weight is 278 g/mol. The normalized spacial score (nSPS) is 18.5. The highest BCUT2D eigenvalue weighted by Crippen LogP contribution is 2.07. The molecule has 20 heavy (non-hydrogen) atoms. The first-order valence-corrected chi connectivity index (χ1v) is 7.10. The molecule has 1 aliphatic heterocycles. The summed E-state index contributed by atoms with van der Waals surface area (Å²) in [4.78, 5) is 11.6. The first-order valence-electron chi connectivity index (χ1n) is 7.10. The molecule has 1 amide bonds. The molecule has 1 fully saturated rings. The predicted octanol–water partition coefficient (Wildman–Crippen LogP) is 0.950. The third-order valence-corrected chi connectivity index (χ3v) is 3.13. The zero-order valence-corrected chi connectivity index (χ0v) is 11.6. The second-order valence-corrected chi connectivity index (χ2v) is 4.82. The standard InChI is InChI=1S/C15H22N2O3/c18-15(17-13-5-4-8-16-11-13)12-19-9-10-20-14-6-2-1-3-7-14/h1-3,6-7,13,16H,4-5,8-12H2,(H,17,18). The van der Waals surface area contributed by atoms with Gasteiger partial charge in [-0.1, -0.05) is 18.2 Å². The zero-order valence-electron chi connectivity index (χ0n) is 11.6. The Kier molecular flexibility index (Phi) is 6.34. The van der Waals surface area contributed by atoms with E-state index in [0.717, 1.165) is 31.7 Å². The lowest BCUT2D eigenvalue weighted by Gasteiger charge is -2.23. The molecule has 1 aliphatic rings. The number of hydrogen-bond donors (Lipinski definition) is 2. The number of benzene rings is 1. The van der Waals surface area contributed by atoms with E-state index in [2.05, 4.69) is 10.6 Å². The molecule has 0 radical (unpaired) electrons. The van der Waals surface area contributed by atoms with Crippen molar-refractivity contribution in [3.63, 3.8) is 0 Å². The maximum Gasteiger partial charge on any atom is 0.246 e. The highest BCUT2D eigenvalue weighted by molar-refractivity contribution is 5.77. The van der Waals surface area contributed by atoms with Crippen molar-refractivity contribution in [2.24, 2.45) is 0 Å². The molecular weight excluding hydrogens is 256 g/mol. The molecule has 1 aromatic rings. The smallest absolute Gasteiger partial charge is 0.246 e. The van der Waals surface area contributed by atoms with Gasteiger partial charge < -0.3 is 20.1 Å². The van der Waals surface area contributed by atoms with Gasteiger partial charge in [0, 0.05) is 12.6 Å². The van der Waals surface area contributed by atoms with E-state index in [4.69, 9.17) is 9.47 Å². The number of carbonyl (C=O) groups is 1. The van der Waals surface area contributed by atoms with Crippen LogP contribution in [0.4, 0.5) is 0 Å². The van der Waals surface area contributed by atoms with Crippen LogP contribution in [0.1, 0.15) is 12.8 Å². The monoisotopic (exact) mass is 278 g/mol.